The average Bonchev–Trinajstić information content (AvgIpc) is 3.09. The molecule has 34 heavy (non-hydrogen) atoms. The van der Waals surface area contributed by atoms with Crippen molar-refractivity contribution in [2.24, 2.45) is 5.73 Å². The van der Waals surface area contributed by atoms with E-state index in [4.69, 9.17) is 20.9 Å². The molecule has 4 rings (SSSR count). The molecule has 10 heteroatoms. The van der Waals surface area contributed by atoms with Crippen molar-refractivity contribution in [2.45, 2.75) is 27.3 Å². The molecule has 4 aromatic rings. The van der Waals surface area contributed by atoms with Gasteiger partial charge in [-0.25, -0.2) is 19.7 Å². The molecule has 0 radical (unpaired) electrons. The lowest BCUT2D eigenvalue weighted by Gasteiger charge is -2.17. The number of aryl methyl sites for hydroxylation is 2. The van der Waals surface area contributed by atoms with E-state index < -0.39 is 5.97 Å². The summed E-state index contributed by atoms with van der Waals surface area (Å²) >= 11 is 0. The summed E-state index contributed by atoms with van der Waals surface area (Å²) in [6.07, 6.45) is 1.45. The summed E-state index contributed by atoms with van der Waals surface area (Å²) in [5.41, 5.74) is 16.8. The van der Waals surface area contributed by atoms with Gasteiger partial charge in [0.2, 0.25) is 5.88 Å². The van der Waals surface area contributed by atoms with Gasteiger partial charge in [0.05, 0.1) is 31.0 Å². The Labute approximate surface area is 196 Å². The summed E-state index contributed by atoms with van der Waals surface area (Å²) in [4.78, 5) is 26.2. The molecule has 3 heterocycles. The molecule has 0 amide bonds. The fraction of sp³-hybridized carbons (Fsp3) is 0.250. The predicted molar refractivity (Wildman–Crippen MR) is 128 cm³/mol. The van der Waals surface area contributed by atoms with Gasteiger partial charge in [0.25, 0.3) is 0 Å². The number of esters is 1. The number of pyridine rings is 1. The molecule has 0 fully saturated rings. The van der Waals surface area contributed by atoms with E-state index in [1.165, 1.54) is 13.3 Å². The maximum atomic E-state index is 13.0. The molecule has 5 N–H and O–H groups in total. The lowest BCUT2D eigenvalue weighted by molar-refractivity contribution is 0.0604. The standard InChI is InChI=1S/C24H26N6O4/c1-11-6-7-16(33-4)12(2)20(11)30-21(26)18(24(32)34-5)17-19(28-13(3)29-22(17)30)14-8-9-27-23(31)15(14)10-25/h6-9H,10,25-26H2,1-5H3,(H,27,31). The van der Waals surface area contributed by atoms with E-state index in [0.29, 0.717) is 39.4 Å². The summed E-state index contributed by atoms with van der Waals surface area (Å²) in [7, 11) is 2.87. The highest BCUT2D eigenvalue weighted by Crippen LogP contribution is 2.41. The first-order valence-corrected chi connectivity index (χ1v) is 10.5. The van der Waals surface area contributed by atoms with E-state index in [1.54, 1.807) is 24.7 Å². The van der Waals surface area contributed by atoms with E-state index in [2.05, 4.69) is 15.0 Å². The van der Waals surface area contributed by atoms with Gasteiger partial charge in [-0.3, -0.25) is 4.57 Å². The molecule has 0 aliphatic carbocycles. The Morgan fingerprint density at radius 2 is 1.88 bits per heavy atom. The number of nitrogen functional groups attached to an aromatic ring is 1. The number of carbonyl (C=O) groups is 1. The van der Waals surface area contributed by atoms with Gasteiger partial charge in [-0.05, 0) is 38.5 Å². The first-order valence-electron chi connectivity index (χ1n) is 10.5. The maximum Gasteiger partial charge on any atom is 0.342 e. The van der Waals surface area contributed by atoms with Crippen molar-refractivity contribution in [1.29, 1.82) is 0 Å². The molecule has 176 valence electrons. The lowest BCUT2D eigenvalue weighted by atomic mass is 10.0. The summed E-state index contributed by atoms with van der Waals surface area (Å²) < 4.78 is 12.3. The van der Waals surface area contributed by atoms with Crippen molar-refractivity contribution >= 4 is 22.8 Å². The number of hydrogen-bond acceptors (Lipinski definition) is 9. The number of rotatable bonds is 5. The number of anilines is 1. The molecule has 0 aliphatic heterocycles. The van der Waals surface area contributed by atoms with Gasteiger partial charge < -0.3 is 26.0 Å². The van der Waals surface area contributed by atoms with Crippen LogP contribution < -0.4 is 16.2 Å². The second-order valence-corrected chi connectivity index (χ2v) is 7.83. The Kier molecular flexibility index (Phi) is 5.84. The summed E-state index contributed by atoms with van der Waals surface area (Å²) in [6.45, 7) is 5.60. The van der Waals surface area contributed by atoms with Crippen molar-refractivity contribution in [2.75, 3.05) is 20.0 Å². The smallest absolute Gasteiger partial charge is 0.342 e. The van der Waals surface area contributed by atoms with Crippen LogP contribution in [-0.2, 0) is 11.3 Å². The van der Waals surface area contributed by atoms with E-state index >= 15 is 0 Å². The number of carbonyl (C=O) groups excluding carboxylic acids is 1. The first-order chi connectivity index (χ1) is 16.2. The minimum Gasteiger partial charge on any atom is -0.496 e. The van der Waals surface area contributed by atoms with Crippen LogP contribution >= 0.6 is 0 Å². The Morgan fingerprint density at radius 3 is 2.53 bits per heavy atom. The summed E-state index contributed by atoms with van der Waals surface area (Å²) in [6, 6.07) is 5.46. The van der Waals surface area contributed by atoms with Crippen molar-refractivity contribution in [3.05, 3.63) is 52.5 Å². The van der Waals surface area contributed by atoms with E-state index in [0.717, 1.165) is 16.8 Å². The van der Waals surface area contributed by atoms with Crippen molar-refractivity contribution in [1.82, 2.24) is 19.5 Å². The molecular weight excluding hydrogens is 436 g/mol. The molecule has 1 aromatic carbocycles. The van der Waals surface area contributed by atoms with Gasteiger partial charge in [0.1, 0.15) is 23.0 Å². The van der Waals surface area contributed by atoms with Gasteiger partial charge in [-0.2, -0.15) is 0 Å². The van der Waals surface area contributed by atoms with Crippen LogP contribution in [0.1, 0.15) is 32.9 Å². The molecule has 0 unspecified atom stereocenters. The third-order valence-electron chi connectivity index (χ3n) is 5.87. The number of hydrogen-bond donors (Lipinski definition) is 3. The second kappa shape index (κ2) is 8.64. The number of ether oxygens (including phenoxy) is 2. The third-order valence-corrected chi connectivity index (χ3v) is 5.87. The topological polar surface area (TPSA) is 151 Å². The molecule has 3 aromatic heterocycles. The molecule has 0 saturated carbocycles. The Balaban J connectivity index is 2.24. The number of benzene rings is 1. The molecule has 0 spiro atoms. The minimum absolute atomic E-state index is 0.0113. The fourth-order valence-electron chi connectivity index (χ4n) is 4.32. The minimum atomic E-state index is -0.638. The monoisotopic (exact) mass is 462 g/mol. The lowest BCUT2D eigenvalue weighted by Crippen LogP contribution is -2.09. The van der Waals surface area contributed by atoms with E-state index in [-0.39, 0.29) is 23.8 Å². The second-order valence-electron chi connectivity index (χ2n) is 7.83. The number of methoxy groups -OCH3 is 2. The van der Waals surface area contributed by atoms with E-state index in [1.807, 2.05) is 26.0 Å². The highest BCUT2D eigenvalue weighted by molar-refractivity contribution is 6.13. The number of fused-ring (bicyclic) bond motifs is 1. The quantitative estimate of drug-likeness (QED) is 0.380. The number of nitrogens with zero attached hydrogens (tertiary/aromatic N) is 4. The van der Waals surface area contributed by atoms with Crippen LogP contribution in [0.4, 0.5) is 5.82 Å². The zero-order valence-electron chi connectivity index (χ0n) is 19.6. The summed E-state index contributed by atoms with van der Waals surface area (Å²) in [5.74, 6) is 0.402. The first kappa shape index (κ1) is 23.0. The fourth-order valence-corrected chi connectivity index (χ4v) is 4.32. The maximum absolute atomic E-state index is 13.0. The number of aromatic hydroxyl groups is 1. The SMILES string of the molecule is COC(=O)c1c(N)n(-c2c(C)ccc(OC)c2C)c2nc(C)nc(-c3ccnc(O)c3CN)c12. The highest BCUT2D eigenvalue weighted by atomic mass is 16.5. The third kappa shape index (κ3) is 3.39. The van der Waals surface area contributed by atoms with Crippen molar-refractivity contribution in [3.63, 3.8) is 0 Å². The van der Waals surface area contributed by atoms with Crippen LogP contribution in [0.15, 0.2) is 24.4 Å². The molecule has 0 saturated heterocycles. The number of aromatic nitrogens is 4. The van der Waals surface area contributed by atoms with Crippen LogP contribution in [0.3, 0.4) is 0 Å². The van der Waals surface area contributed by atoms with Crippen LogP contribution in [0, 0.1) is 20.8 Å². The molecule has 0 atom stereocenters. The van der Waals surface area contributed by atoms with Crippen LogP contribution in [-0.4, -0.2) is 44.8 Å². The normalized spacial score (nSPS) is 11.1. The van der Waals surface area contributed by atoms with E-state index in [9.17, 15) is 9.90 Å². The van der Waals surface area contributed by atoms with Crippen molar-refractivity contribution < 1.29 is 19.4 Å². The van der Waals surface area contributed by atoms with Crippen LogP contribution in [0.2, 0.25) is 0 Å². The Bertz CT molecular complexity index is 1440. The van der Waals surface area contributed by atoms with Gasteiger partial charge in [-0.1, -0.05) is 6.07 Å². The van der Waals surface area contributed by atoms with Crippen LogP contribution in [0.5, 0.6) is 11.6 Å². The van der Waals surface area contributed by atoms with Gasteiger partial charge in [0.15, 0.2) is 5.65 Å². The average molecular weight is 463 g/mol. The van der Waals surface area contributed by atoms with Gasteiger partial charge >= 0.3 is 5.97 Å². The highest BCUT2D eigenvalue weighted by Gasteiger charge is 2.30. The molecule has 0 bridgehead atoms. The van der Waals surface area contributed by atoms with Crippen LogP contribution in [0.25, 0.3) is 28.0 Å². The van der Waals surface area contributed by atoms with Gasteiger partial charge in [0, 0.05) is 29.4 Å². The Hall–Kier alpha value is -4.18. The molecular formula is C24H26N6O4. The predicted octanol–water partition coefficient (Wildman–Crippen LogP) is 2.95. The molecule has 10 nitrogen and oxygen atoms in total. The summed E-state index contributed by atoms with van der Waals surface area (Å²) in [5, 5.41) is 10.7. The zero-order chi connectivity index (χ0) is 24.7. The molecule has 0 aliphatic rings. The Morgan fingerprint density at radius 1 is 1.15 bits per heavy atom. The largest absolute Gasteiger partial charge is 0.496 e. The zero-order valence-corrected chi connectivity index (χ0v) is 19.6. The van der Waals surface area contributed by atoms with Crippen molar-refractivity contribution in [3.8, 4) is 28.6 Å². The number of nitrogens with two attached hydrogens (primary N) is 2. The van der Waals surface area contributed by atoms with Gasteiger partial charge in [-0.15, -0.1) is 0 Å².